The average molecular weight is 471 g/mol. The van der Waals surface area contributed by atoms with E-state index in [1.807, 2.05) is 19.2 Å². The highest BCUT2D eigenvalue weighted by Crippen LogP contribution is 2.29. The number of halogens is 1. The van der Waals surface area contributed by atoms with Crippen molar-refractivity contribution in [3.63, 3.8) is 0 Å². The molecule has 0 aromatic carbocycles. The molecule has 34 heavy (non-hydrogen) atoms. The van der Waals surface area contributed by atoms with Crippen molar-refractivity contribution in [2.24, 2.45) is 0 Å². The number of rotatable bonds is 10. The number of aromatic nitrogens is 3. The van der Waals surface area contributed by atoms with Crippen LogP contribution in [-0.4, -0.2) is 51.0 Å². The Bertz CT molecular complexity index is 881. The number of hydrogen-bond donors (Lipinski definition) is 4. The van der Waals surface area contributed by atoms with Crippen LogP contribution in [0.4, 0.5) is 16.2 Å². The summed E-state index contributed by atoms with van der Waals surface area (Å²) in [5, 5.41) is 20.1. The summed E-state index contributed by atoms with van der Waals surface area (Å²) in [6.45, 7) is 2.83. The molecule has 4 N–H and O–H groups in total. The highest BCUT2D eigenvalue weighted by molar-refractivity contribution is 5.73. The second kappa shape index (κ2) is 12.4. The molecule has 2 saturated carbocycles. The minimum atomic E-state index is -0.934. The van der Waals surface area contributed by atoms with E-state index in [1.165, 1.54) is 32.1 Å². The number of nitrogens with zero attached hydrogens (tertiary/aromatic N) is 3. The van der Waals surface area contributed by atoms with Crippen molar-refractivity contribution < 1.29 is 9.50 Å². The second-order valence-electron chi connectivity index (χ2n) is 9.76. The lowest BCUT2D eigenvalue weighted by Gasteiger charge is -2.27. The summed E-state index contributed by atoms with van der Waals surface area (Å²) >= 11 is 0. The first-order chi connectivity index (χ1) is 16.6. The first-order valence-electron chi connectivity index (χ1n) is 13.0. The van der Waals surface area contributed by atoms with Crippen LogP contribution in [0.2, 0.25) is 0 Å². The van der Waals surface area contributed by atoms with Gasteiger partial charge in [0.1, 0.15) is 12.0 Å². The molecule has 0 radical (unpaired) electrons. The number of aliphatic hydroxyl groups is 1. The van der Waals surface area contributed by atoms with Crippen LogP contribution in [0.3, 0.4) is 0 Å². The van der Waals surface area contributed by atoms with Crippen molar-refractivity contribution in [2.45, 2.75) is 102 Å². The quantitative estimate of drug-likeness (QED) is 0.395. The molecule has 0 bridgehead atoms. The summed E-state index contributed by atoms with van der Waals surface area (Å²) < 4.78 is 13.7. The van der Waals surface area contributed by atoms with Gasteiger partial charge in [-0.05, 0) is 56.6 Å². The Morgan fingerprint density at radius 2 is 1.79 bits per heavy atom. The van der Waals surface area contributed by atoms with E-state index in [0.717, 1.165) is 49.0 Å². The Labute approximate surface area is 202 Å². The fourth-order valence-corrected chi connectivity index (χ4v) is 4.78. The fourth-order valence-electron chi connectivity index (χ4n) is 4.78. The van der Waals surface area contributed by atoms with Crippen molar-refractivity contribution >= 4 is 11.8 Å². The van der Waals surface area contributed by atoms with Gasteiger partial charge >= 0.3 is 0 Å². The lowest BCUT2D eigenvalue weighted by Crippen LogP contribution is -2.30. The number of pyridine rings is 1. The van der Waals surface area contributed by atoms with Gasteiger partial charge < -0.3 is 21.1 Å². The molecule has 2 fully saturated rings. The van der Waals surface area contributed by atoms with Crippen LogP contribution in [0.15, 0.2) is 24.5 Å². The summed E-state index contributed by atoms with van der Waals surface area (Å²) in [5.74, 6) is 1.11. The Morgan fingerprint density at radius 1 is 1.00 bits per heavy atom. The number of nitrogens with one attached hydrogen (secondary N) is 3. The molecule has 1 atom stereocenters. The third kappa shape index (κ3) is 7.09. The van der Waals surface area contributed by atoms with Gasteiger partial charge in [-0.15, -0.1) is 0 Å². The normalized spacial score (nSPS) is 22.3. The standard InChI is InChI=1S/C26H39FN6O/c1-2-19(27)16-30-26-31-17-23(25(33-26)32-21-9-11-22(34)12-10-21)24-13-8-18(15-29-24)14-28-20-6-4-3-5-7-20/h8,13,15,17,19-22,28,34H,2-7,9-12,14,16H2,1H3,(H2,30,31,32,33). The van der Waals surface area contributed by atoms with Gasteiger partial charge in [-0.2, -0.15) is 4.98 Å². The van der Waals surface area contributed by atoms with Crippen LogP contribution in [-0.2, 0) is 6.54 Å². The van der Waals surface area contributed by atoms with E-state index in [2.05, 4.69) is 32.0 Å². The molecule has 2 heterocycles. The van der Waals surface area contributed by atoms with Crippen LogP contribution in [0.25, 0.3) is 11.3 Å². The molecule has 7 nitrogen and oxygen atoms in total. The molecule has 2 aromatic rings. The average Bonchev–Trinajstić information content (AvgIpc) is 2.88. The first kappa shape index (κ1) is 24.8. The molecule has 0 aliphatic heterocycles. The van der Waals surface area contributed by atoms with E-state index in [9.17, 15) is 9.50 Å². The Balaban J connectivity index is 1.46. The SMILES string of the molecule is CCC(F)CNc1ncc(-c2ccc(CNC3CCCCC3)cn2)c(NC2CCC(O)CC2)n1. The molecule has 2 aliphatic carbocycles. The molecule has 186 valence electrons. The molecule has 0 saturated heterocycles. The first-order valence-corrected chi connectivity index (χ1v) is 13.0. The number of aliphatic hydroxyl groups excluding tert-OH is 1. The topological polar surface area (TPSA) is 95.0 Å². The maximum Gasteiger partial charge on any atom is 0.224 e. The molecule has 0 amide bonds. The van der Waals surface area contributed by atoms with E-state index in [4.69, 9.17) is 4.98 Å². The van der Waals surface area contributed by atoms with E-state index in [0.29, 0.717) is 24.2 Å². The summed E-state index contributed by atoms with van der Waals surface area (Å²) in [4.78, 5) is 13.8. The van der Waals surface area contributed by atoms with Crippen LogP contribution in [0.1, 0.15) is 76.7 Å². The highest BCUT2D eigenvalue weighted by atomic mass is 19.1. The summed E-state index contributed by atoms with van der Waals surface area (Å²) in [6.07, 6.45) is 12.8. The lowest BCUT2D eigenvalue weighted by atomic mass is 9.93. The zero-order valence-corrected chi connectivity index (χ0v) is 20.3. The number of hydrogen-bond acceptors (Lipinski definition) is 7. The van der Waals surface area contributed by atoms with Gasteiger partial charge in [-0.3, -0.25) is 4.98 Å². The predicted octanol–water partition coefficient (Wildman–Crippen LogP) is 4.84. The molecule has 0 spiro atoms. The molecule has 2 aromatic heterocycles. The van der Waals surface area contributed by atoms with Crippen LogP contribution >= 0.6 is 0 Å². The van der Waals surface area contributed by atoms with E-state index >= 15 is 0 Å². The van der Waals surface area contributed by atoms with E-state index < -0.39 is 6.17 Å². The van der Waals surface area contributed by atoms with Gasteiger partial charge in [0.15, 0.2) is 0 Å². The zero-order chi connectivity index (χ0) is 23.8. The minimum Gasteiger partial charge on any atom is -0.393 e. The van der Waals surface area contributed by atoms with Crippen LogP contribution in [0, 0.1) is 0 Å². The molecular weight excluding hydrogens is 431 g/mol. The monoisotopic (exact) mass is 470 g/mol. The van der Waals surface area contributed by atoms with Gasteiger partial charge in [-0.25, -0.2) is 9.37 Å². The number of alkyl halides is 1. The highest BCUT2D eigenvalue weighted by Gasteiger charge is 2.22. The maximum absolute atomic E-state index is 13.7. The lowest BCUT2D eigenvalue weighted by molar-refractivity contribution is 0.126. The van der Waals surface area contributed by atoms with Crippen molar-refractivity contribution in [1.29, 1.82) is 0 Å². The molecule has 2 aliphatic rings. The van der Waals surface area contributed by atoms with Gasteiger partial charge in [0.25, 0.3) is 0 Å². The van der Waals surface area contributed by atoms with Gasteiger partial charge in [0.2, 0.25) is 5.95 Å². The summed E-state index contributed by atoms with van der Waals surface area (Å²) in [5.41, 5.74) is 2.80. The van der Waals surface area contributed by atoms with Gasteiger partial charge in [-0.1, -0.05) is 32.3 Å². The van der Waals surface area contributed by atoms with E-state index in [1.54, 1.807) is 6.20 Å². The van der Waals surface area contributed by atoms with Gasteiger partial charge in [0, 0.05) is 37.6 Å². The van der Waals surface area contributed by atoms with Crippen molar-refractivity contribution in [1.82, 2.24) is 20.3 Å². The zero-order valence-electron chi connectivity index (χ0n) is 20.3. The third-order valence-electron chi connectivity index (χ3n) is 7.05. The molecule has 1 unspecified atom stereocenters. The Kier molecular flexibility index (Phi) is 9.04. The minimum absolute atomic E-state index is 0.186. The summed E-state index contributed by atoms with van der Waals surface area (Å²) in [7, 11) is 0. The third-order valence-corrected chi connectivity index (χ3v) is 7.05. The summed E-state index contributed by atoms with van der Waals surface area (Å²) in [6, 6.07) is 4.98. The second-order valence-corrected chi connectivity index (χ2v) is 9.76. The Hall–Kier alpha value is -2.32. The Morgan fingerprint density at radius 3 is 2.50 bits per heavy atom. The van der Waals surface area contributed by atoms with Gasteiger partial charge in [0.05, 0.1) is 17.4 Å². The van der Waals surface area contributed by atoms with Crippen molar-refractivity contribution in [2.75, 3.05) is 17.2 Å². The predicted molar refractivity (Wildman–Crippen MR) is 135 cm³/mol. The van der Waals surface area contributed by atoms with E-state index in [-0.39, 0.29) is 18.7 Å². The molecule has 4 rings (SSSR count). The molecule has 8 heteroatoms. The largest absolute Gasteiger partial charge is 0.393 e. The van der Waals surface area contributed by atoms with Crippen molar-refractivity contribution in [3.05, 3.63) is 30.1 Å². The maximum atomic E-state index is 13.7. The van der Waals surface area contributed by atoms with Crippen LogP contribution in [0.5, 0.6) is 0 Å². The smallest absolute Gasteiger partial charge is 0.224 e. The van der Waals surface area contributed by atoms with Crippen molar-refractivity contribution in [3.8, 4) is 11.3 Å². The number of anilines is 2. The molecular formula is C26H39FN6O. The van der Waals surface area contributed by atoms with Crippen LogP contribution < -0.4 is 16.0 Å². The fraction of sp³-hybridized carbons (Fsp3) is 0.654.